The van der Waals surface area contributed by atoms with Crippen molar-refractivity contribution in [3.05, 3.63) is 30.0 Å². The van der Waals surface area contributed by atoms with E-state index in [0.717, 1.165) is 5.56 Å². The molecular weight excluding hydrogens is 296 g/mol. The van der Waals surface area contributed by atoms with Gasteiger partial charge < -0.3 is 18.9 Å². The molecule has 0 aliphatic rings. The van der Waals surface area contributed by atoms with E-state index in [1.807, 2.05) is 38.1 Å². The minimum atomic E-state index is 0.00325. The van der Waals surface area contributed by atoms with Gasteiger partial charge in [-0.1, -0.05) is 5.16 Å². The molecule has 0 fully saturated rings. The molecule has 0 radical (unpaired) electrons. The van der Waals surface area contributed by atoms with Crippen LogP contribution in [0, 0.1) is 0 Å². The van der Waals surface area contributed by atoms with E-state index in [4.69, 9.17) is 14.0 Å². The number of carbonyl (C=O) groups is 1. The molecule has 0 saturated carbocycles. The molecule has 23 heavy (non-hydrogen) atoms. The zero-order valence-corrected chi connectivity index (χ0v) is 14.1. The Bertz CT molecular complexity index is 679. The Morgan fingerprint density at radius 2 is 2.00 bits per heavy atom. The molecule has 0 spiro atoms. The molecular formula is C17H22N2O4. The van der Waals surface area contributed by atoms with Crippen molar-refractivity contribution < 1.29 is 18.8 Å². The van der Waals surface area contributed by atoms with Crippen molar-refractivity contribution >= 4 is 5.91 Å². The van der Waals surface area contributed by atoms with Gasteiger partial charge in [-0.05, 0) is 32.0 Å². The quantitative estimate of drug-likeness (QED) is 0.819. The van der Waals surface area contributed by atoms with Crippen LogP contribution >= 0.6 is 0 Å². The lowest BCUT2D eigenvalue weighted by Crippen LogP contribution is -2.34. The van der Waals surface area contributed by atoms with Crippen LogP contribution in [0.3, 0.4) is 0 Å². The summed E-state index contributed by atoms with van der Waals surface area (Å²) in [6.45, 7) is 5.88. The van der Waals surface area contributed by atoms with Gasteiger partial charge in [-0.3, -0.25) is 4.79 Å². The van der Waals surface area contributed by atoms with E-state index in [1.54, 1.807) is 26.0 Å². The molecule has 2 rings (SSSR count). The average molecular weight is 318 g/mol. The summed E-state index contributed by atoms with van der Waals surface area (Å²) < 4.78 is 16.0. The summed E-state index contributed by atoms with van der Waals surface area (Å²) in [6, 6.07) is 7.37. The molecule has 0 aliphatic carbocycles. The molecule has 124 valence electrons. The van der Waals surface area contributed by atoms with Crippen LogP contribution in [0.15, 0.2) is 28.8 Å². The molecule has 1 aromatic heterocycles. The van der Waals surface area contributed by atoms with Gasteiger partial charge in [0.2, 0.25) is 5.91 Å². The Balaban J connectivity index is 2.30. The van der Waals surface area contributed by atoms with Crippen LogP contribution in [-0.2, 0) is 11.3 Å². The summed E-state index contributed by atoms with van der Waals surface area (Å²) >= 11 is 0. The van der Waals surface area contributed by atoms with Crippen molar-refractivity contribution in [1.82, 2.24) is 10.1 Å². The fourth-order valence-electron chi connectivity index (χ4n) is 2.35. The fourth-order valence-corrected chi connectivity index (χ4v) is 2.35. The maximum Gasteiger partial charge on any atom is 0.220 e. The third kappa shape index (κ3) is 3.83. The summed E-state index contributed by atoms with van der Waals surface area (Å²) in [5.74, 6) is 1.94. The SMILES string of the molecule is COc1ccc(OC)c(-c2cc(CN(C(C)=O)C(C)C)no2)c1. The Kier molecular flexibility index (Phi) is 5.26. The second-order valence-corrected chi connectivity index (χ2v) is 5.49. The number of methoxy groups -OCH3 is 2. The molecule has 6 heteroatoms. The van der Waals surface area contributed by atoms with Crippen LogP contribution in [0.25, 0.3) is 11.3 Å². The molecule has 1 heterocycles. The monoisotopic (exact) mass is 318 g/mol. The highest BCUT2D eigenvalue weighted by Crippen LogP contribution is 2.33. The maximum atomic E-state index is 11.7. The van der Waals surface area contributed by atoms with E-state index in [9.17, 15) is 4.79 Å². The van der Waals surface area contributed by atoms with Crippen molar-refractivity contribution in [1.29, 1.82) is 0 Å². The third-order valence-electron chi connectivity index (χ3n) is 3.59. The predicted molar refractivity (Wildman–Crippen MR) is 86.4 cm³/mol. The Morgan fingerprint density at radius 1 is 1.26 bits per heavy atom. The number of nitrogens with zero attached hydrogens (tertiary/aromatic N) is 2. The molecule has 1 aromatic carbocycles. The number of ether oxygens (including phenoxy) is 2. The normalized spacial score (nSPS) is 10.7. The summed E-state index contributed by atoms with van der Waals surface area (Å²) in [4.78, 5) is 13.4. The lowest BCUT2D eigenvalue weighted by Gasteiger charge is -2.23. The van der Waals surface area contributed by atoms with E-state index in [-0.39, 0.29) is 11.9 Å². The van der Waals surface area contributed by atoms with E-state index < -0.39 is 0 Å². The van der Waals surface area contributed by atoms with Crippen LogP contribution < -0.4 is 9.47 Å². The van der Waals surface area contributed by atoms with E-state index >= 15 is 0 Å². The maximum absolute atomic E-state index is 11.7. The number of hydrogen-bond donors (Lipinski definition) is 0. The van der Waals surface area contributed by atoms with E-state index in [1.165, 1.54) is 0 Å². The minimum absolute atomic E-state index is 0.00325. The second kappa shape index (κ2) is 7.17. The van der Waals surface area contributed by atoms with Crippen LogP contribution in [0.5, 0.6) is 11.5 Å². The van der Waals surface area contributed by atoms with Gasteiger partial charge in [-0.2, -0.15) is 0 Å². The third-order valence-corrected chi connectivity index (χ3v) is 3.59. The molecule has 0 aliphatic heterocycles. The summed E-state index contributed by atoms with van der Waals surface area (Å²) in [7, 11) is 3.20. The zero-order chi connectivity index (χ0) is 17.0. The minimum Gasteiger partial charge on any atom is -0.497 e. The van der Waals surface area contributed by atoms with Gasteiger partial charge in [0.1, 0.15) is 17.2 Å². The lowest BCUT2D eigenvalue weighted by molar-refractivity contribution is -0.131. The average Bonchev–Trinajstić information content (AvgIpc) is 2.99. The van der Waals surface area contributed by atoms with Crippen molar-refractivity contribution in [2.24, 2.45) is 0 Å². The highest BCUT2D eigenvalue weighted by atomic mass is 16.5. The molecule has 0 unspecified atom stereocenters. The number of amides is 1. The highest BCUT2D eigenvalue weighted by Gasteiger charge is 2.18. The molecule has 0 atom stereocenters. The Morgan fingerprint density at radius 3 is 2.57 bits per heavy atom. The van der Waals surface area contributed by atoms with Crippen LogP contribution in [0.1, 0.15) is 26.5 Å². The van der Waals surface area contributed by atoms with Gasteiger partial charge >= 0.3 is 0 Å². The predicted octanol–water partition coefficient (Wildman–Crippen LogP) is 3.12. The van der Waals surface area contributed by atoms with Gasteiger partial charge in [0.25, 0.3) is 0 Å². The van der Waals surface area contributed by atoms with Gasteiger partial charge in [0, 0.05) is 19.0 Å². The van der Waals surface area contributed by atoms with Crippen LogP contribution in [0.2, 0.25) is 0 Å². The molecule has 0 N–H and O–H groups in total. The first-order valence-corrected chi connectivity index (χ1v) is 7.41. The summed E-state index contributed by atoms with van der Waals surface area (Å²) in [6.07, 6.45) is 0. The van der Waals surface area contributed by atoms with Gasteiger partial charge in [0.15, 0.2) is 5.76 Å². The first-order chi connectivity index (χ1) is 11.0. The molecule has 2 aromatic rings. The summed E-state index contributed by atoms with van der Waals surface area (Å²) in [5, 5.41) is 4.06. The molecule has 6 nitrogen and oxygen atoms in total. The van der Waals surface area contributed by atoms with Crippen molar-refractivity contribution in [3.63, 3.8) is 0 Å². The fraction of sp³-hybridized carbons (Fsp3) is 0.412. The first-order valence-electron chi connectivity index (χ1n) is 7.41. The van der Waals surface area contributed by atoms with Gasteiger partial charge in [-0.15, -0.1) is 0 Å². The first kappa shape index (κ1) is 16.9. The standard InChI is InChI=1S/C17H22N2O4/c1-11(2)19(12(3)20)10-13-8-17(23-18-13)15-9-14(21-4)6-7-16(15)22-5/h6-9,11H,10H2,1-5H3. The lowest BCUT2D eigenvalue weighted by atomic mass is 10.1. The van der Waals surface area contributed by atoms with Crippen molar-refractivity contribution in [3.8, 4) is 22.8 Å². The number of benzene rings is 1. The van der Waals surface area contributed by atoms with Crippen LogP contribution in [-0.4, -0.2) is 36.2 Å². The van der Waals surface area contributed by atoms with Gasteiger partial charge in [0.05, 0.1) is 26.3 Å². The smallest absolute Gasteiger partial charge is 0.220 e. The van der Waals surface area contributed by atoms with Crippen LogP contribution in [0.4, 0.5) is 0 Å². The highest BCUT2D eigenvalue weighted by molar-refractivity contribution is 5.73. The molecule has 0 bridgehead atoms. The van der Waals surface area contributed by atoms with Crippen molar-refractivity contribution in [2.45, 2.75) is 33.4 Å². The number of rotatable bonds is 6. The summed E-state index contributed by atoms with van der Waals surface area (Å²) in [5.41, 5.74) is 1.44. The second-order valence-electron chi connectivity index (χ2n) is 5.49. The van der Waals surface area contributed by atoms with Crippen molar-refractivity contribution in [2.75, 3.05) is 14.2 Å². The Labute approximate surface area is 136 Å². The Hall–Kier alpha value is -2.50. The largest absolute Gasteiger partial charge is 0.497 e. The zero-order valence-electron chi connectivity index (χ0n) is 14.1. The number of aromatic nitrogens is 1. The number of hydrogen-bond acceptors (Lipinski definition) is 5. The molecule has 0 saturated heterocycles. The number of carbonyl (C=O) groups excluding carboxylic acids is 1. The van der Waals surface area contributed by atoms with Gasteiger partial charge in [-0.25, -0.2) is 0 Å². The van der Waals surface area contributed by atoms with E-state index in [0.29, 0.717) is 29.5 Å². The molecule has 1 amide bonds. The van der Waals surface area contributed by atoms with E-state index in [2.05, 4.69) is 5.16 Å². The topological polar surface area (TPSA) is 64.8 Å².